The van der Waals surface area contributed by atoms with Gasteiger partial charge in [0.05, 0.1) is 11.0 Å². The van der Waals surface area contributed by atoms with E-state index in [0.717, 1.165) is 0 Å². The Kier molecular flexibility index (Phi) is 7.13. The average Bonchev–Trinajstić information content (AvgIpc) is 3.46. The van der Waals surface area contributed by atoms with Crippen molar-refractivity contribution in [2.75, 3.05) is 0 Å². The predicted molar refractivity (Wildman–Crippen MR) is 214 cm³/mol. The highest BCUT2D eigenvalue weighted by molar-refractivity contribution is 6.96. The van der Waals surface area contributed by atoms with Crippen LogP contribution in [0, 0.1) is 55.4 Å². The first-order valence-corrected chi connectivity index (χ1v) is 17.8. The van der Waals surface area contributed by atoms with Crippen molar-refractivity contribution in [2.45, 2.75) is 74.7 Å². The smallest absolute Gasteiger partial charge is 0.242 e. The Bertz CT molecular complexity index is 2340. The molecule has 0 bridgehead atoms. The van der Waals surface area contributed by atoms with Gasteiger partial charge in [-0.2, -0.15) is 0 Å². The Morgan fingerprint density at radius 2 is 0.898 bits per heavy atom. The lowest BCUT2D eigenvalue weighted by molar-refractivity contribution is 0.660. The molecule has 242 valence electrons. The standard InChI is InChI=1S/C47H46BN/c1-27-11-17-43-39(23-27)40-24-28(2)12-18-44(40)49(43)36-14-16-38-37-15-13-35(25-41(37)47(9,10)42(38)26-36)48(45-31(5)19-29(3)20-32(45)6)46-33(7)21-30(4)22-34(46)8/h11-26H,1-10H3. The lowest BCUT2D eigenvalue weighted by Crippen LogP contribution is -2.56. The number of aryl methyl sites for hydroxylation is 8. The molecule has 2 heteroatoms. The van der Waals surface area contributed by atoms with Gasteiger partial charge in [-0.3, -0.25) is 0 Å². The molecule has 1 aliphatic rings. The molecule has 0 atom stereocenters. The van der Waals surface area contributed by atoms with E-state index >= 15 is 0 Å². The lowest BCUT2D eigenvalue weighted by Gasteiger charge is -2.27. The van der Waals surface area contributed by atoms with Crippen LogP contribution in [0.3, 0.4) is 0 Å². The zero-order valence-corrected chi connectivity index (χ0v) is 30.8. The van der Waals surface area contributed by atoms with Crippen molar-refractivity contribution >= 4 is 44.9 Å². The maximum atomic E-state index is 2.54. The second kappa shape index (κ2) is 11.1. The highest BCUT2D eigenvalue weighted by Gasteiger charge is 2.38. The molecule has 6 aromatic carbocycles. The van der Waals surface area contributed by atoms with Crippen molar-refractivity contribution in [3.05, 3.63) is 153 Å². The van der Waals surface area contributed by atoms with E-state index in [4.69, 9.17) is 0 Å². The van der Waals surface area contributed by atoms with Gasteiger partial charge < -0.3 is 4.57 Å². The summed E-state index contributed by atoms with van der Waals surface area (Å²) >= 11 is 0. The van der Waals surface area contributed by atoms with Crippen LogP contribution in [0.2, 0.25) is 0 Å². The van der Waals surface area contributed by atoms with Gasteiger partial charge in [0, 0.05) is 21.9 Å². The highest BCUT2D eigenvalue weighted by Crippen LogP contribution is 2.49. The predicted octanol–water partition coefficient (Wildman–Crippen LogP) is 10.1. The van der Waals surface area contributed by atoms with Gasteiger partial charge in [-0.15, -0.1) is 0 Å². The zero-order chi connectivity index (χ0) is 34.5. The van der Waals surface area contributed by atoms with E-state index in [2.05, 4.69) is 171 Å². The van der Waals surface area contributed by atoms with Crippen molar-refractivity contribution in [1.29, 1.82) is 0 Å². The third kappa shape index (κ3) is 4.83. The van der Waals surface area contributed by atoms with Gasteiger partial charge in [0.25, 0.3) is 0 Å². The first-order valence-electron chi connectivity index (χ1n) is 17.8. The molecule has 0 N–H and O–H groups in total. The van der Waals surface area contributed by atoms with Crippen LogP contribution in [0.1, 0.15) is 69.5 Å². The van der Waals surface area contributed by atoms with Gasteiger partial charge in [-0.05, 0) is 114 Å². The van der Waals surface area contributed by atoms with Crippen LogP contribution in [0.5, 0.6) is 0 Å². The van der Waals surface area contributed by atoms with Crippen molar-refractivity contribution in [3.63, 3.8) is 0 Å². The number of fused-ring (bicyclic) bond motifs is 6. The number of rotatable bonds is 4. The Morgan fingerprint density at radius 3 is 1.39 bits per heavy atom. The van der Waals surface area contributed by atoms with Crippen molar-refractivity contribution in [1.82, 2.24) is 4.57 Å². The third-order valence-electron chi connectivity index (χ3n) is 11.4. The minimum atomic E-state index is -0.151. The second-order valence-electron chi connectivity index (χ2n) is 15.6. The monoisotopic (exact) mass is 635 g/mol. The largest absolute Gasteiger partial charge is 0.309 e. The van der Waals surface area contributed by atoms with E-state index in [1.165, 1.54) is 111 Å². The van der Waals surface area contributed by atoms with Gasteiger partial charge >= 0.3 is 0 Å². The maximum absolute atomic E-state index is 2.54. The third-order valence-corrected chi connectivity index (χ3v) is 11.4. The number of nitrogens with zero attached hydrogens (tertiary/aromatic N) is 1. The van der Waals surface area contributed by atoms with Crippen LogP contribution in [-0.4, -0.2) is 11.3 Å². The maximum Gasteiger partial charge on any atom is 0.242 e. The molecule has 1 aliphatic carbocycles. The zero-order valence-electron chi connectivity index (χ0n) is 30.8. The van der Waals surface area contributed by atoms with E-state index in [0.29, 0.717) is 0 Å². The summed E-state index contributed by atoms with van der Waals surface area (Å²) in [7, 11) is 0. The molecule has 0 saturated heterocycles. The SMILES string of the molecule is Cc1cc(C)c(B(c2ccc3c(c2)C(C)(C)c2cc(-n4c5ccc(C)cc5c5cc(C)ccc54)ccc2-3)c2c(C)cc(C)cc2C)c(C)c1. The van der Waals surface area contributed by atoms with Gasteiger partial charge in [-0.25, -0.2) is 0 Å². The molecule has 1 heterocycles. The highest BCUT2D eigenvalue weighted by atomic mass is 15.0. The number of benzene rings is 6. The summed E-state index contributed by atoms with van der Waals surface area (Å²) in [5.41, 5.74) is 24.1. The molecule has 0 unspecified atom stereocenters. The Balaban J connectivity index is 1.31. The minimum absolute atomic E-state index is 0.151. The van der Waals surface area contributed by atoms with Crippen LogP contribution < -0.4 is 16.4 Å². The Hall–Kier alpha value is -4.82. The quantitative estimate of drug-likeness (QED) is 0.170. The fourth-order valence-electron chi connectivity index (χ4n) is 9.36. The molecule has 0 amide bonds. The van der Waals surface area contributed by atoms with E-state index in [9.17, 15) is 0 Å². The molecular weight excluding hydrogens is 589 g/mol. The van der Waals surface area contributed by atoms with Gasteiger partial charge in [-0.1, -0.05) is 135 Å². The van der Waals surface area contributed by atoms with Crippen molar-refractivity contribution in [3.8, 4) is 16.8 Å². The molecule has 1 nitrogen and oxygen atoms in total. The fraction of sp³-hybridized carbons (Fsp3) is 0.234. The molecule has 49 heavy (non-hydrogen) atoms. The molecule has 1 aromatic heterocycles. The van der Waals surface area contributed by atoms with Crippen LogP contribution in [0.25, 0.3) is 38.6 Å². The number of aromatic nitrogens is 1. The van der Waals surface area contributed by atoms with Gasteiger partial charge in [0.1, 0.15) is 0 Å². The summed E-state index contributed by atoms with van der Waals surface area (Å²) < 4.78 is 2.47. The van der Waals surface area contributed by atoms with E-state index < -0.39 is 0 Å². The van der Waals surface area contributed by atoms with Gasteiger partial charge in [0.15, 0.2) is 0 Å². The molecule has 7 aromatic rings. The summed E-state index contributed by atoms with van der Waals surface area (Å²) in [4.78, 5) is 0. The summed E-state index contributed by atoms with van der Waals surface area (Å²) in [6.07, 6.45) is 0. The molecule has 0 aliphatic heterocycles. The fourth-order valence-corrected chi connectivity index (χ4v) is 9.36. The number of hydrogen-bond acceptors (Lipinski definition) is 0. The van der Waals surface area contributed by atoms with Crippen LogP contribution in [0.4, 0.5) is 0 Å². The first-order chi connectivity index (χ1) is 23.3. The van der Waals surface area contributed by atoms with E-state index in [1.807, 2.05) is 0 Å². The lowest BCUT2D eigenvalue weighted by atomic mass is 9.34. The molecule has 0 spiro atoms. The number of hydrogen-bond donors (Lipinski definition) is 0. The summed E-state index contributed by atoms with van der Waals surface area (Å²) in [5.74, 6) is 0. The topological polar surface area (TPSA) is 4.93 Å². The summed E-state index contributed by atoms with van der Waals surface area (Å²) in [6.45, 7) is 23.0. The molecule has 0 saturated carbocycles. The normalized spacial score (nSPS) is 13.3. The van der Waals surface area contributed by atoms with E-state index in [1.54, 1.807) is 0 Å². The minimum Gasteiger partial charge on any atom is -0.309 e. The Labute approximate surface area is 292 Å². The van der Waals surface area contributed by atoms with Crippen LogP contribution >= 0.6 is 0 Å². The molecular formula is C47H46BN. The second-order valence-corrected chi connectivity index (χ2v) is 15.6. The molecule has 0 fully saturated rings. The molecule has 8 rings (SSSR count). The van der Waals surface area contributed by atoms with Crippen LogP contribution in [0.15, 0.2) is 97.1 Å². The van der Waals surface area contributed by atoms with Crippen molar-refractivity contribution < 1.29 is 0 Å². The summed E-state index contributed by atoms with van der Waals surface area (Å²) in [5, 5.41) is 2.64. The van der Waals surface area contributed by atoms with Crippen molar-refractivity contribution in [2.24, 2.45) is 0 Å². The summed E-state index contributed by atoms with van der Waals surface area (Å²) in [6, 6.07) is 37.7. The first kappa shape index (κ1) is 31.5. The molecule has 0 radical (unpaired) electrons. The van der Waals surface area contributed by atoms with Gasteiger partial charge in [0.2, 0.25) is 6.71 Å². The average molecular weight is 636 g/mol. The van der Waals surface area contributed by atoms with E-state index in [-0.39, 0.29) is 12.1 Å². The van der Waals surface area contributed by atoms with Crippen LogP contribution in [-0.2, 0) is 5.41 Å². The Morgan fingerprint density at radius 1 is 0.449 bits per heavy atom.